The number of nitrogens with zero attached hydrogens (tertiary/aromatic N) is 3. The van der Waals surface area contributed by atoms with Crippen molar-refractivity contribution in [1.82, 2.24) is 9.97 Å². The summed E-state index contributed by atoms with van der Waals surface area (Å²) in [6.45, 7) is 0. The number of benzene rings is 1. The number of non-ortho nitro benzene ring substituents is 1. The van der Waals surface area contributed by atoms with Gasteiger partial charge in [-0.3, -0.25) is 10.1 Å². The summed E-state index contributed by atoms with van der Waals surface area (Å²) >= 11 is 0. The highest BCUT2D eigenvalue weighted by atomic mass is 16.6. The molecular formula is C14H14N4O2. The van der Waals surface area contributed by atoms with Crippen molar-refractivity contribution in [3.8, 4) is 11.3 Å². The molecule has 6 heteroatoms. The molecule has 102 valence electrons. The largest absolute Gasteiger partial charge is 0.373 e. The van der Waals surface area contributed by atoms with Crippen LogP contribution in [0.4, 0.5) is 11.5 Å². The molecule has 0 amide bonds. The second kappa shape index (κ2) is 4.88. The van der Waals surface area contributed by atoms with Gasteiger partial charge in [0.15, 0.2) is 0 Å². The van der Waals surface area contributed by atoms with E-state index in [-0.39, 0.29) is 5.69 Å². The highest BCUT2D eigenvalue weighted by Gasteiger charge is 2.27. The van der Waals surface area contributed by atoms with Gasteiger partial charge in [-0.1, -0.05) is 12.1 Å². The maximum Gasteiger partial charge on any atom is 0.270 e. The quantitative estimate of drug-likeness (QED) is 0.682. The van der Waals surface area contributed by atoms with E-state index < -0.39 is 4.92 Å². The van der Waals surface area contributed by atoms with Gasteiger partial charge in [-0.15, -0.1) is 0 Å². The number of hydrogen-bond acceptors (Lipinski definition) is 5. The summed E-state index contributed by atoms with van der Waals surface area (Å²) in [7, 11) is 1.80. The van der Waals surface area contributed by atoms with Crippen molar-refractivity contribution in [2.75, 3.05) is 12.4 Å². The van der Waals surface area contributed by atoms with Crippen molar-refractivity contribution in [3.63, 3.8) is 0 Å². The van der Waals surface area contributed by atoms with E-state index in [1.165, 1.54) is 6.07 Å². The number of rotatable bonds is 4. The van der Waals surface area contributed by atoms with E-state index in [4.69, 9.17) is 0 Å². The second-order valence-corrected chi connectivity index (χ2v) is 4.83. The van der Waals surface area contributed by atoms with E-state index in [2.05, 4.69) is 15.3 Å². The van der Waals surface area contributed by atoms with Crippen LogP contribution in [-0.2, 0) is 0 Å². The lowest BCUT2D eigenvalue weighted by Gasteiger charge is -2.07. The first-order valence-corrected chi connectivity index (χ1v) is 6.49. The first-order chi connectivity index (χ1) is 9.67. The Labute approximate surface area is 116 Å². The van der Waals surface area contributed by atoms with Crippen molar-refractivity contribution in [2.45, 2.75) is 18.8 Å². The minimum Gasteiger partial charge on any atom is -0.373 e. The molecule has 0 spiro atoms. The molecule has 1 aliphatic carbocycles. The van der Waals surface area contributed by atoms with Gasteiger partial charge in [-0.05, 0) is 12.8 Å². The second-order valence-electron chi connectivity index (χ2n) is 4.83. The smallest absolute Gasteiger partial charge is 0.270 e. The lowest BCUT2D eigenvalue weighted by Crippen LogP contribution is -2.00. The van der Waals surface area contributed by atoms with Gasteiger partial charge >= 0.3 is 0 Å². The molecule has 0 aliphatic heterocycles. The van der Waals surface area contributed by atoms with Crippen LogP contribution in [0.1, 0.15) is 24.6 Å². The Kier molecular flexibility index (Phi) is 3.06. The molecule has 1 aromatic carbocycles. The van der Waals surface area contributed by atoms with Crippen molar-refractivity contribution in [3.05, 3.63) is 46.3 Å². The van der Waals surface area contributed by atoms with Crippen LogP contribution in [0.5, 0.6) is 0 Å². The Balaban J connectivity index is 2.06. The average Bonchev–Trinajstić information content (AvgIpc) is 3.31. The lowest BCUT2D eigenvalue weighted by atomic mass is 10.1. The zero-order chi connectivity index (χ0) is 14.1. The van der Waals surface area contributed by atoms with E-state index in [0.717, 1.165) is 35.7 Å². The number of nitro benzene ring substituents is 1. The molecule has 1 aliphatic rings. The number of nitrogens with one attached hydrogen (secondary N) is 1. The molecule has 2 aromatic rings. The number of nitro groups is 1. The standard InChI is InChI=1S/C14H14N4O2/c1-15-13-8-12(16-14(17-13)9-5-6-9)10-3-2-4-11(7-10)18(19)20/h2-4,7-9H,5-6H2,1H3,(H,15,16,17). The van der Waals surface area contributed by atoms with Crippen LogP contribution < -0.4 is 5.32 Å². The molecule has 0 bridgehead atoms. The number of anilines is 1. The van der Waals surface area contributed by atoms with Gasteiger partial charge in [0.05, 0.1) is 10.6 Å². The Morgan fingerprint density at radius 3 is 2.75 bits per heavy atom. The zero-order valence-corrected chi connectivity index (χ0v) is 11.0. The van der Waals surface area contributed by atoms with Gasteiger partial charge in [0.1, 0.15) is 11.6 Å². The zero-order valence-electron chi connectivity index (χ0n) is 11.0. The Morgan fingerprint density at radius 1 is 1.30 bits per heavy atom. The minimum absolute atomic E-state index is 0.0695. The van der Waals surface area contributed by atoms with Crippen LogP contribution in [0, 0.1) is 10.1 Å². The summed E-state index contributed by atoms with van der Waals surface area (Å²) in [6, 6.07) is 8.33. The summed E-state index contributed by atoms with van der Waals surface area (Å²) in [6.07, 6.45) is 2.23. The predicted octanol–water partition coefficient (Wildman–Crippen LogP) is 2.97. The normalized spacial score (nSPS) is 14.1. The summed E-state index contributed by atoms with van der Waals surface area (Å²) in [4.78, 5) is 19.4. The Bertz CT molecular complexity index is 668. The topological polar surface area (TPSA) is 81.0 Å². The molecular weight excluding hydrogens is 256 g/mol. The van der Waals surface area contributed by atoms with Gasteiger partial charge in [-0.25, -0.2) is 9.97 Å². The maximum atomic E-state index is 10.9. The molecule has 0 unspecified atom stereocenters. The molecule has 1 saturated carbocycles. The third kappa shape index (κ3) is 2.45. The van der Waals surface area contributed by atoms with Crippen molar-refractivity contribution < 1.29 is 4.92 Å². The van der Waals surface area contributed by atoms with Crippen LogP contribution in [0.2, 0.25) is 0 Å². The van der Waals surface area contributed by atoms with Crippen molar-refractivity contribution in [1.29, 1.82) is 0 Å². The average molecular weight is 270 g/mol. The fraction of sp³-hybridized carbons (Fsp3) is 0.286. The number of hydrogen-bond donors (Lipinski definition) is 1. The Morgan fingerprint density at radius 2 is 2.10 bits per heavy atom. The van der Waals surface area contributed by atoms with Crippen LogP contribution in [0.25, 0.3) is 11.3 Å². The van der Waals surface area contributed by atoms with E-state index in [1.54, 1.807) is 19.2 Å². The van der Waals surface area contributed by atoms with Gasteiger partial charge in [0.2, 0.25) is 0 Å². The SMILES string of the molecule is CNc1cc(-c2cccc([N+](=O)[O-])c2)nc(C2CC2)n1. The molecule has 1 N–H and O–H groups in total. The van der Waals surface area contributed by atoms with E-state index in [1.807, 2.05) is 12.1 Å². The minimum atomic E-state index is -0.397. The molecule has 3 rings (SSSR count). The molecule has 0 radical (unpaired) electrons. The van der Waals surface area contributed by atoms with E-state index in [9.17, 15) is 10.1 Å². The van der Waals surface area contributed by atoms with E-state index in [0.29, 0.717) is 5.92 Å². The summed E-state index contributed by atoms with van der Waals surface area (Å²) in [5.74, 6) is 1.99. The van der Waals surface area contributed by atoms with E-state index >= 15 is 0 Å². The van der Waals surface area contributed by atoms with Crippen molar-refractivity contribution >= 4 is 11.5 Å². The first-order valence-electron chi connectivity index (χ1n) is 6.49. The molecule has 1 fully saturated rings. The molecule has 6 nitrogen and oxygen atoms in total. The number of aromatic nitrogens is 2. The summed E-state index contributed by atoms with van der Waals surface area (Å²) < 4.78 is 0. The van der Waals surface area contributed by atoms with Gasteiger partial charge in [0.25, 0.3) is 5.69 Å². The van der Waals surface area contributed by atoms with Crippen LogP contribution in [-0.4, -0.2) is 21.9 Å². The van der Waals surface area contributed by atoms with Crippen LogP contribution in [0.15, 0.2) is 30.3 Å². The van der Waals surface area contributed by atoms with Gasteiger partial charge in [0, 0.05) is 36.7 Å². The summed E-state index contributed by atoms with van der Waals surface area (Å²) in [5, 5.41) is 13.9. The highest BCUT2D eigenvalue weighted by molar-refractivity contribution is 5.65. The third-order valence-electron chi connectivity index (χ3n) is 3.29. The van der Waals surface area contributed by atoms with Crippen molar-refractivity contribution in [2.24, 2.45) is 0 Å². The van der Waals surface area contributed by atoms with Gasteiger partial charge < -0.3 is 5.32 Å². The monoisotopic (exact) mass is 270 g/mol. The Hall–Kier alpha value is -2.50. The fourth-order valence-corrected chi connectivity index (χ4v) is 2.04. The summed E-state index contributed by atoms with van der Waals surface area (Å²) in [5.41, 5.74) is 1.52. The fourth-order valence-electron chi connectivity index (χ4n) is 2.04. The third-order valence-corrected chi connectivity index (χ3v) is 3.29. The maximum absolute atomic E-state index is 10.9. The van der Waals surface area contributed by atoms with Crippen LogP contribution in [0.3, 0.4) is 0 Å². The first kappa shape index (κ1) is 12.5. The van der Waals surface area contributed by atoms with Gasteiger partial charge in [-0.2, -0.15) is 0 Å². The molecule has 1 heterocycles. The molecule has 1 aromatic heterocycles. The lowest BCUT2D eigenvalue weighted by molar-refractivity contribution is -0.384. The highest BCUT2D eigenvalue weighted by Crippen LogP contribution is 2.39. The molecule has 0 atom stereocenters. The van der Waals surface area contributed by atoms with Crippen LogP contribution >= 0.6 is 0 Å². The molecule has 20 heavy (non-hydrogen) atoms. The predicted molar refractivity (Wildman–Crippen MR) is 75.6 cm³/mol. The molecule has 0 saturated heterocycles.